The average Bonchev–Trinajstić information content (AvgIpc) is 1.59. The molecule has 23 heteroatoms. The molecule has 4 heterocycles. The minimum absolute atomic E-state index is 0.0122. The average molecular weight is 1330 g/mol. The van der Waals surface area contributed by atoms with E-state index >= 15 is 0 Å². The predicted octanol–water partition coefficient (Wildman–Crippen LogP) is 10.9. The van der Waals surface area contributed by atoms with Crippen LogP contribution in [0.2, 0.25) is 0 Å². The van der Waals surface area contributed by atoms with Gasteiger partial charge in [-0.1, -0.05) is 58.9 Å². The summed E-state index contributed by atoms with van der Waals surface area (Å²) in [6.45, 7) is 9.37. The first kappa shape index (κ1) is 73.9. The maximum Gasteiger partial charge on any atom is 0.335 e. The summed E-state index contributed by atoms with van der Waals surface area (Å²) >= 11 is 1.33. The van der Waals surface area contributed by atoms with Crippen molar-refractivity contribution in [2.24, 2.45) is 11.8 Å². The highest BCUT2D eigenvalue weighted by Gasteiger charge is 2.43. The molecule has 0 aliphatic carbocycles. The van der Waals surface area contributed by atoms with Crippen LogP contribution in [-0.4, -0.2) is 143 Å². The first-order valence-corrected chi connectivity index (χ1v) is 34.1. The van der Waals surface area contributed by atoms with E-state index in [0.29, 0.717) is 129 Å². The number of methoxy groups -OCH3 is 2. The number of Topliss-reactive ketones (excluding diaryl/α,β-unsaturated/α-hetero) is 3. The van der Waals surface area contributed by atoms with E-state index in [1.54, 1.807) is 36.3 Å². The monoisotopic (exact) mass is 1330 g/mol. The Balaban J connectivity index is 0.819. The fourth-order valence-corrected chi connectivity index (χ4v) is 13.1. The van der Waals surface area contributed by atoms with Gasteiger partial charge in [0.05, 0.1) is 57.4 Å². The molecule has 0 spiro atoms. The maximum absolute atomic E-state index is 13.5. The number of aliphatic hydroxyl groups is 2. The lowest BCUT2D eigenvalue weighted by atomic mass is 9.89. The van der Waals surface area contributed by atoms with Gasteiger partial charge in [-0.05, 0) is 122 Å². The summed E-state index contributed by atoms with van der Waals surface area (Å²) in [7, 11) is 3.08. The molecule has 3 unspecified atom stereocenters. The number of amides is 3. The summed E-state index contributed by atoms with van der Waals surface area (Å²) in [5.41, 5.74) is 2.93. The molecule has 1 aromatic heterocycles. The predicted molar refractivity (Wildman–Crippen MR) is 348 cm³/mol. The molecule has 0 radical (unpaired) electrons. The molecule has 3 N–H and O–H groups in total. The van der Waals surface area contributed by atoms with E-state index in [0.717, 1.165) is 53.3 Å². The van der Waals surface area contributed by atoms with Gasteiger partial charge in [0, 0.05) is 94.1 Å². The zero-order valence-electron chi connectivity index (χ0n) is 55.3. The Morgan fingerprint density at radius 2 is 1.31 bits per heavy atom. The lowest BCUT2D eigenvalue weighted by Gasteiger charge is -2.35. The van der Waals surface area contributed by atoms with Crippen LogP contribution < -0.4 is 23.7 Å². The summed E-state index contributed by atoms with van der Waals surface area (Å²) in [4.78, 5) is 118. The summed E-state index contributed by atoms with van der Waals surface area (Å²) in [5.74, 6) is -0.573. The number of aliphatic hydroxyl groups excluding tert-OH is 2. The van der Waals surface area contributed by atoms with Crippen LogP contribution in [-0.2, 0) is 78.7 Å². The third-order valence-corrected chi connectivity index (χ3v) is 18.5. The van der Waals surface area contributed by atoms with Crippen molar-refractivity contribution < 1.29 is 96.4 Å². The molecule has 7 atom stereocenters. The summed E-state index contributed by atoms with van der Waals surface area (Å²) < 4.78 is 47.0. The topological polar surface area (TPSA) is 295 Å². The number of carboxylic acids is 1. The van der Waals surface area contributed by atoms with Gasteiger partial charge in [0.15, 0.2) is 34.9 Å². The molecule has 0 bridgehead atoms. The number of fused-ring (bicyclic) bond motifs is 2. The first-order chi connectivity index (χ1) is 45.2. The number of rotatable bonds is 42. The largest absolute Gasteiger partial charge is 0.493 e. The number of unbranched alkanes of at least 4 members (excludes halogenated alkanes) is 4. The highest BCUT2D eigenvalue weighted by Crippen LogP contribution is 2.39. The van der Waals surface area contributed by atoms with Crippen molar-refractivity contribution in [1.29, 1.82) is 0 Å². The van der Waals surface area contributed by atoms with E-state index in [-0.39, 0.29) is 129 Å². The molecule has 3 aliphatic heterocycles. The van der Waals surface area contributed by atoms with Crippen LogP contribution in [0.5, 0.6) is 28.7 Å². The van der Waals surface area contributed by atoms with Gasteiger partial charge in [0.25, 0.3) is 0 Å². The van der Waals surface area contributed by atoms with Gasteiger partial charge in [-0.2, -0.15) is 0 Å². The molecular weight excluding hydrogens is 1230 g/mol. The second-order valence-corrected chi connectivity index (χ2v) is 25.9. The second-order valence-electron chi connectivity index (χ2n) is 24.8. The van der Waals surface area contributed by atoms with Crippen molar-refractivity contribution in [3.8, 4) is 28.7 Å². The van der Waals surface area contributed by atoms with E-state index in [1.165, 1.54) is 23.3 Å². The molecule has 7 rings (SSSR count). The Hall–Kier alpha value is -7.47. The number of hydrogen-bond acceptors (Lipinski definition) is 20. The number of hydrogen-bond donors (Lipinski definition) is 3. The number of ether oxygens (including phenoxy) is 8. The van der Waals surface area contributed by atoms with Crippen LogP contribution >= 0.6 is 11.3 Å². The lowest BCUT2D eigenvalue weighted by Crippen LogP contribution is -2.53. The molecular formula is C71H94N2O20S. The molecule has 514 valence electrons. The molecule has 3 amide bonds. The van der Waals surface area contributed by atoms with Crippen molar-refractivity contribution >= 4 is 74.4 Å². The molecule has 4 aromatic rings. The number of benzene rings is 3. The third kappa shape index (κ3) is 21.8. The summed E-state index contributed by atoms with van der Waals surface area (Å²) in [5, 5.41) is 31.1. The second kappa shape index (κ2) is 37.0. The molecule has 0 saturated carbocycles. The van der Waals surface area contributed by atoms with Crippen LogP contribution in [0.3, 0.4) is 0 Å². The number of carboxylic acid groups (broad SMARTS) is 1. The minimum atomic E-state index is -1.73. The number of thiophene rings is 1. The van der Waals surface area contributed by atoms with E-state index in [9.17, 15) is 58.5 Å². The summed E-state index contributed by atoms with van der Waals surface area (Å²) in [6.07, 6.45) is 3.96. The number of aliphatic carboxylic acids is 1. The van der Waals surface area contributed by atoms with Crippen LogP contribution in [0.1, 0.15) is 201 Å². The number of nitrogens with zero attached hydrogens (tertiary/aromatic N) is 2. The maximum atomic E-state index is 13.5. The van der Waals surface area contributed by atoms with Crippen molar-refractivity contribution in [3.63, 3.8) is 0 Å². The molecule has 2 saturated heterocycles. The Labute approximate surface area is 554 Å². The Morgan fingerprint density at radius 1 is 0.681 bits per heavy atom. The van der Waals surface area contributed by atoms with E-state index in [4.69, 9.17) is 37.9 Å². The van der Waals surface area contributed by atoms with Crippen molar-refractivity contribution in [2.45, 2.75) is 226 Å². The zero-order valence-corrected chi connectivity index (χ0v) is 56.1. The highest BCUT2D eigenvalue weighted by molar-refractivity contribution is 7.20. The fraction of sp³-hybridized carbons (Fsp3) is 0.592. The first-order valence-electron chi connectivity index (χ1n) is 33.3. The van der Waals surface area contributed by atoms with Crippen molar-refractivity contribution in [1.82, 2.24) is 9.80 Å². The van der Waals surface area contributed by atoms with E-state index in [2.05, 4.69) is 6.92 Å². The SMILES string of the molecule is CCCC(C)OC(=O)CCC(=O)c1cc2cc(OCCCOc3cc4c(cc3OC)CN(C(=O)CCC(=O)OCc3ccc(O[C@H]5C[C@@H](O)[C@H](O)[C@@H](C(=O)O)O5)c(CCCC(=O)CCCCCC(=O)CCCCCN5C(=O)CC(C(C)CCC)C5=O)c3)C4)c(OC)cc2s1. The highest BCUT2D eigenvalue weighted by atomic mass is 32.1. The van der Waals surface area contributed by atoms with Gasteiger partial charge in [-0.3, -0.25) is 43.3 Å². The summed E-state index contributed by atoms with van der Waals surface area (Å²) in [6, 6.07) is 14.1. The number of carbonyl (C=O) groups is 9. The van der Waals surface area contributed by atoms with Gasteiger partial charge < -0.3 is 58.1 Å². The van der Waals surface area contributed by atoms with Crippen molar-refractivity contribution in [3.05, 3.63) is 75.7 Å². The van der Waals surface area contributed by atoms with Gasteiger partial charge >= 0.3 is 17.9 Å². The smallest absolute Gasteiger partial charge is 0.335 e. The van der Waals surface area contributed by atoms with Crippen molar-refractivity contribution in [2.75, 3.05) is 34.0 Å². The number of carbonyl (C=O) groups excluding carboxylic acids is 8. The Morgan fingerprint density at radius 3 is 1.97 bits per heavy atom. The Kier molecular flexibility index (Phi) is 29.1. The lowest BCUT2D eigenvalue weighted by molar-refractivity contribution is -0.228. The quantitative estimate of drug-likeness (QED) is 0.0161. The molecule has 94 heavy (non-hydrogen) atoms. The minimum Gasteiger partial charge on any atom is -0.493 e. The van der Waals surface area contributed by atoms with Crippen LogP contribution in [0.4, 0.5) is 0 Å². The van der Waals surface area contributed by atoms with Gasteiger partial charge in [0.2, 0.25) is 24.0 Å². The van der Waals surface area contributed by atoms with E-state index in [1.807, 2.05) is 45.0 Å². The van der Waals surface area contributed by atoms with Crippen LogP contribution in [0.25, 0.3) is 10.1 Å². The molecule has 2 fully saturated rings. The normalized spacial score (nSPS) is 18.4. The van der Waals surface area contributed by atoms with E-state index < -0.39 is 36.5 Å². The fourth-order valence-electron chi connectivity index (χ4n) is 12.1. The Bertz CT molecular complexity index is 3270. The van der Waals surface area contributed by atoms with Gasteiger partial charge in [-0.15, -0.1) is 11.3 Å². The molecule has 3 aromatic carbocycles. The standard InChI is InChI=1S/C71H94N2O20S/c1-7-17-44(3)53-38-64(79)73(70(53)83)30-14-10-13-22-51(74)20-11-9-12-21-52(75)23-15-19-47-33-46(24-26-56(47)92-67-39-55(77)68(82)69(93-67)71(84)85)43-90-65(80)29-27-63(78)72-41-49-35-57(86-5)60(36-50(49)42-72)89-32-16-31-88-59-34-48-37-62(94-61(48)40-58(59)87-6)54(76)25-28-66(81)91-45(4)18-8-2/h24,26,33-37,40,44-45,53,55,67-69,77,82H,7-23,25,27-32,38-39,41-43H2,1-6H3,(H,84,85)/t44?,45?,53?,55-,67-,68+,69+/m1/s1. The molecule has 3 aliphatic rings. The van der Waals surface area contributed by atoms with Gasteiger partial charge in [-0.25, -0.2) is 4.79 Å². The third-order valence-electron chi connectivity index (χ3n) is 17.4. The van der Waals surface area contributed by atoms with Gasteiger partial charge in [0.1, 0.15) is 30.0 Å². The number of ketones is 3. The number of likely N-dealkylation sites (tertiary alicyclic amines) is 1. The number of imide groups is 1. The van der Waals surface area contributed by atoms with Crippen LogP contribution in [0.15, 0.2) is 48.5 Å². The van der Waals surface area contributed by atoms with Crippen LogP contribution in [0, 0.1) is 11.8 Å². The molecule has 22 nitrogen and oxygen atoms in total. The number of aryl methyl sites for hydroxylation is 1. The number of esters is 2. The zero-order chi connectivity index (χ0) is 67.8.